The molecule has 1 aromatic heterocycles. The fraction of sp³-hybridized carbons (Fsp3) is 0.179. The number of esters is 1. The van der Waals surface area contributed by atoms with E-state index in [0.717, 1.165) is 22.9 Å². The summed E-state index contributed by atoms with van der Waals surface area (Å²) < 4.78 is 47.0. The number of hydrogen-bond acceptors (Lipinski definition) is 5. The van der Waals surface area contributed by atoms with Crippen LogP contribution in [0.4, 0.5) is 13.2 Å². The zero-order valence-electron chi connectivity index (χ0n) is 20.0. The Hall–Kier alpha value is -4.11. The van der Waals surface area contributed by atoms with Crippen LogP contribution in [-0.4, -0.2) is 46.2 Å². The Morgan fingerprint density at radius 1 is 0.974 bits per heavy atom. The lowest BCUT2D eigenvalue weighted by Crippen LogP contribution is -2.31. The van der Waals surface area contributed by atoms with Crippen LogP contribution in [0.5, 0.6) is 0 Å². The SMILES string of the molecule is O=C(OCC1=NCCN1Cc1ccccc1)c1ccc(-c2cc(C(F)(F)F)nn2-c2ccccc2Cl)cc1. The van der Waals surface area contributed by atoms with Gasteiger partial charge in [0, 0.05) is 18.7 Å². The Bertz CT molecular complexity index is 1470. The molecule has 0 aliphatic carbocycles. The van der Waals surface area contributed by atoms with Crippen LogP contribution in [0.2, 0.25) is 5.02 Å². The van der Waals surface area contributed by atoms with Crippen LogP contribution in [0.1, 0.15) is 21.6 Å². The lowest BCUT2D eigenvalue weighted by molar-refractivity contribution is -0.141. The first-order valence-electron chi connectivity index (χ1n) is 11.8. The second-order valence-corrected chi connectivity index (χ2v) is 9.04. The molecular weight excluding hydrogens is 517 g/mol. The first-order valence-corrected chi connectivity index (χ1v) is 12.2. The number of aromatic nitrogens is 2. The van der Waals surface area contributed by atoms with Crippen molar-refractivity contribution in [1.29, 1.82) is 0 Å². The number of carbonyl (C=O) groups is 1. The van der Waals surface area contributed by atoms with E-state index in [-0.39, 0.29) is 22.9 Å². The third-order valence-electron chi connectivity index (χ3n) is 6.07. The van der Waals surface area contributed by atoms with E-state index in [2.05, 4.69) is 15.0 Å². The molecule has 194 valence electrons. The number of nitrogens with zero attached hydrogens (tertiary/aromatic N) is 4. The second kappa shape index (κ2) is 10.7. The maximum atomic E-state index is 13.5. The zero-order chi connectivity index (χ0) is 26.7. The fourth-order valence-corrected chi connectivity index (χ4v) is 4.38. The summed E-state index contributed by atoms with van der Waals surface area (Å²) in [6.07, 6.45) is -4.64. The van der Waals surface area contributed by atoms with Gasteiger partial charge >= 0.3 is 12.1 Å². The Morgan fingerprint density at radius 3 is 2.39 bits per heavy atom. The average Bonchev–Trinajstić information content (AvgIpc) is 3.56. The summed E-state index contributed by atoms with van der Waals surface area (Å²) in [6.45, 7) is 2.08. The smallest absolute Gasteiger partial charge is 0.435 e. The molecule has 10 heteroatoms. The monoisotopic (exact) mass is 538 g/mol. The van der Waals surface area contributed by atoms with Crippen molar-refractivity contribution in [1.82, 2.24) is 14.7 Å². The summed E-state index contributed by atoms with van der Waals surface area (Å²) in [5.41, 5.74) is 1.27. The Labute approximate surface area is 221 Å². The number of hydrogen-bond donors (Lipinski definition) is 0. The minimum Gasteiger partial charge on any atom is -0.454 e. The molecule has 4 aromatic rings. The molecule has 0 atom stereocenters. The molecule has 0 fully saturated rings. The highest BCUT2D eigenvalue weighted by molar-refractivity contribution is 6.32. The van der Waals surface area contributed by atoms with E-state index in [0.29, 0.717) is 30.2 Å². The standard InChI is InChI=1S/C28H22ClF3N4O2/c29-22-8-4-5-9-23(22)36-24(16-25(34-36)28(30,31)32)20-10-12-21(13-11-20)27(37)38-18-26-33-14-15-35(26)17-19-6-2-1-3-7-19/h1-13,16H,14-15,17-18H2. The number of benzene rings is 3. The normalized spacial score (nSPS) is 13.5. The van der Waals surface area contributed by atoms with Crippen LogP contribution < -0.4 is 0 Å². The first kappa shape index (κ1) is 25.5. The van der Waals surface area contributed by atoms with Crippen LogP contribution in [0.15, 0.2) is 89.9 Å². The number of aliphatic imine (C=N–C) groups is 1. The molecule has 38 heavy (non-hydrogen) atoms. The zero-order valence-corrected chi connectivity index (χ0v) is 20.8. The summed E-state index contributed by atoms with van der Waals surface area (Å²) >= 11 is 6.24. The van der Waals surface area contributed by atoms with Crippen molar-refractivity contribution in [3.63, 3.8) is 0 Å². The average molecular weight is 539 g/mol. The molecule has 0 saturated heterocycles. The number of amidine groups is 1. The van der Waals surface area contributed by atoms with Gasteiger partial charge in [0.15, 0.2) is 5.69 Å². The highest BCUT2D eigenvalue weighted by Gasteiger charge is 2.35. The molecule has 6 nitrogen and oxygen atoms in total. The molecule has 0 amide bonds. The summed E-state index contributed by atoms with van der Waals surface area (Å²) in [7, 11) is 0. The van der Waals surface area contributed by atoms with Gasteiger partial charge in [0.1, 0.15) is 12.4 Å². The van der Waals surface area contributed by atoms with E-state index < -0.39 is 17.8 Å². The van der Waals surface area contributed by atoms with Gasteiger partial charge in [-0.25, -0.2) is 9.48 Å². The molecule has 1 aliphatic rings. The largest absolute Gasteiger partial charge is 0.454 e. The molecule has 0 bridgehead atoms. The van der Waals surface area contributed by atoms with Crippen molar-refractivity contribution in [2.24, 2.45) is 4.99 Å². The van der Waals surface area contributed by atoms with E-state index >= 15 is 0 Å². The number of alkyl halides is 3. The maximum Gasteiger partial charge on any atom is 0.435 e. The summed E-state index contributed by atoms with van der Waals surface area (Å²) in [4.78, 5) is 19.2. The molecule has 0 N–H and O–H groups in total. The fourth-order valence-electron chi connectivity index (χ4n) is 4.16. The summed E-state index contributed by atoms with van der Waals surface area (Å²) in [5, 5.41) is 4.01. The predicted octanol–water partition coefficient (Wildman–Crippen LogP) is 6.28. The van der Waals surface area contributed by atoms with Gasteiger partial charge < -0.3 is 9.64 Å². The third-order valence-corrected chi connectivity index (χ3v) is 6.39. The highest BCUT2D eigenvalue weighted by Crippen LogP contribution is 2.34. The first-order chi connectivity index (χ1) is 18.3. The lowest BCUT2D eigenvalue weighted by Gasteiger charge is -2.20. The topological polar surface area (TPSA) is 59.7 Å². The van der Waals surface area contributed by atoms with Gasteiger partial charge in [-0.15, -0.1) is 0 Å². The molecule has 5 rings (SSSR count). The van der Waals surface area contributed by atoms with Gasteiger partial charge in [0.2, 0.25) is 0 Å². The van der Waals surface area contributed by atoms with Gasteiger partial charge in [0.05, 0.1) is 28.5 Å². The van der Waals surface area contributed by atoms with Gasteiger partial charge in [-0.1, -0.05) is 66.2 Å². The summed E-state index contributed by atoms with van der Waals surface area (Å²) in [6, 6.07) is 23.5. The molecular formula is C28H22ClF3N4O2. The Morgan fingerprint density at radius 2 is 1.68 bits per heavy atom. The Kier molecular flexibility index (Phi) is 7.20. The van der Waals surface area contributed by atoms with Crippen molar-refractivity contribution in [2.75, 3.05) is 19.7 Å². The molecule has 0 spiro atoms. The van der Waals surface area contributed by atoms with Crippen LogP contribution in [0.3, 0.4) is 0 Å². The van der Waals surface area contributed by atoms with Crippen LogP contribution >= 0.6 is 11.6 Å². The number of halogens is 4. The van der Waals surface area contributed by atoms with Gasteiger partial charge in [-0.05, 0) is 35.9 Å². The van der Waals surface area contributed by atoms with Crippen molar-refractivity contribution in [3.8, 4) is 16.9 Å². The number of rotatable bonds is 7. The molecule has 2 heterocycles. The molecule has 0 radical (unpaired) electrons. The van der Waals surface area contributed by atoms with Crippen LogP contribution in [-0.2, 0) is 17.5 Å². The lowest BCUT2D eigenvalue weighted by atomic mass is 10.1. The number of para-hydroxylation sites is 1. The van der Waals surface area contributed by atoms with E-state index in [4.69, 9.17) is 16.3 Å². The number of ether oxygens (including phenoxy) is 1. The van der Waals surface area contributed by atoms with E-state index in [1.54, 1.807) is 36.4 Å². The van der Waals surface area contributed by atoms with E-state index in [1.165, 1.54) is 12.1 Å². The van der Waals surface area contributed by atoms with Crippen LogP contribution in [0, 0.1) is 0 Å². The van der Waals surface area contributed by atoms with Crippen molar-refractivity contribution in [3.05, 3.63) is 107 Å². The molecule has 3 aromatic carbocycles. The third kappa shape index (κ3) is 5.57. The highest BCUT2D eigenvalue weighted by atomic mass is 35.5. The predicted molar refractivity (Wildman–Crippen MR) is 138 cm³/mol. The van der Waals surface area contributed by atoms with E-state index in [1.807, 2.05) is 30.3 Å². The van der Waals surface area contributed by atoms with Crippen LogP contribution in [0.25, 0.3) is 16.9 Å². The van der Waals surface area contributed by atoms with Crippen molar-refractivity contribution in [2.45, 2.75) is 12.7 Å². The van der Waals surface area contributed by atoms with Crippen molar-refractivity contribution >= 4 is 23.4 Å². The van der Waals surface area contributed by atoms with Gasteiger partial charge in [-0.3, -0.25) is 4.99 Å². The maximum absolute atomic E-state index is 13.5. The quantitative estimate of drug-likeness (QED) is 0.260. The minimum absolute atomic E-state index is 0.0294. The molecule has 1 aliphatic heterocycles. The van der Waals surface area contributed by atoms with Gasteiger partial charge in [0.25, 0.3) is 0 Å². The Balaban J connectivity index is 1.31. The van der Waals surface area contributed by atoms with Crippen molar-refractivity contribution < 1.29 is 22.7 Å². The number of carbonyl (C=O) groups excluding carboxylic acids is 1. The summed E-state index contributed by atoms with van der Waals surface area (Å²) in [5.74, 6) is 0.142. The minimum atomic E-state index is -4.64. The molecule has 0 unspecified atom stereocenters. The second-order valence-electron chi connectivity index (χ2n) is 8.63. The van der Waals surface area contributed by atoms with Gasteiger partial charge in [-0.2, -0.15) is 18.3 Å². The molecule has 0 saturated carbocycles. The van der Waals surface area contributed by atoms with E-state index in [9.17, 15) is 18.0 Å².